The van der Waals surface area contributed by atoms with Gasteiger partial charge in [0.25, 0.3) is 5.69 Å². The third kappa shape index (κ3) is 4.49. The molecule has 0 fully saturated rings. The van der Waals surface area contributed by atoms with Gasteiger partial charge in [0.05, 0.1) is 16.3 Å². The van der Waals surface area contributed by atoms with Crippen LogP contribution in [0.2, 0.25) is 0 Å². The van der Waals surface area contributed by atoms with Crippen molar-refractivity contribution in [3.63, 3.8) is 0 Å². The van der Waals surface area contributed by atoms with Crippen LogP contribution < -0.4 is 15.8 Å². The minimum atomic E-state index is -0.459. The molecule has 0 atom stereocenters. The number of nitrogens with zero attached hydrogens (tertiary/aromatic N) is 2. The van der Waals surface area contributed by atoms with Gasteiger partial charge in [0.15, 0.2) is 0 Å². The largest absolute Gasteiger partial charge is 0.487 e. The van der Waals surface area contributed by atoms with Crippen LogP contribution in [0.1, 0.15) is 12.5 Å². The van der Waals surface area contributed by atoms with Crippen LogP contribution in [0.25, 0.3) is 11.0 Å². The van der Waals surface area contributed by atoms with E-state index < -0.39 is 10.5 Å². The molecule has 0 aliphatic carbocycles. The fourth-order valence-electron chi connectivity index (χ4n) is 2.43. The first-order valence-corrected chi connectivity index (χ1v) is 8.13. The molecule has 3 aromatic rings. The van der Waals surface area contributed by atoms with Crippen molar-refractivity contribution in [1.82, 2.24) is 0 Å². The Morgan fingerprint density at radius 3 is 2.67 bits per heavy atom. The van der Waals surface area contributed by atoms with E-state index in [9.17, 15) is 14.9 Å². The van der Waals surface area contributed by atoms with Crippen molar-refractivity contribution in [2.24, 2.45) is 5.10 Å². The average molecular weight is 367 g/mol. The van der Waals surface area contributed by atoms with Crippen molar-refractivity contribution >= 4 is 28.1 Å². The molecule has 0 aliphatic heterocycles. The second kappa shape index (κ2) is 7.69. The number of hydrazone groups is 1. The van der Waals surface area contributed by atoms with E-state index in [2.05, 4.69) is 10.5 Å². The lowest BCUT2D eigenvalue weighted by atomic mass is 10.1. The number of aryl methyl sites for hydroxylation is 1. The summed E-state index contributed by atoms with van der Waals surface area (Å²) >= 11 is 0. The van der Waals surface area contributed by atoms with Crippen LogP contribution in [-0.2, 0) is 0 Å². The number of rotatable bonds is 6. The lowest BCUT2D eigenvalue weighted by Crippen LogP contribution is -2.09. The third-order valence-electron chi connectivity index (χ3n) is 3.82. The van der Waals surface area contributed by atoms with Gasteiger partial charge < -0.3 is 9.15 Å². The highest BCUT2D eigenvalue weighted by atomic mass is 16.6. The quantitative estimate of drug-likeness (QED) is 0.307. The van der Waals surface area contributed by atoms with Gasteiger partial charge in [0.1, 0.15) is 17.9 Å². The van der Waals surface area contributed by atoms with Crippen LogP contribution in [-0.4, -0.2) is 17.2 Å². The minimum absolute atomic E-state index is 0.0165. The summed E-state index contributed by atoms with van der Waals surface area (Å²) in [7, 11) is 0. The van der Waals surface area contributed by atoms with Crippen LogP contribution in [0, 0.1) is 17.0 Å². The monoisotopic (exact) mass is 367 g/mol. The molecule has 0 radical (unpaired) electrons. The summed E-state index contributed by atoms with van der Waals surface area (Å²) in [5.74, 6) is 0.557. The van der Waals surface area contributed by atoms with E-state index in [4.69, 9.17) is 9.15 Å². The molecule has 0 bridgehead atoms. The molecular weight excluding hydrogens is 350 g/mol. The SMILES string of the molecule is C/C(COc1ccc2c(C)cc(=O)oc2c1)=N\Nc1ccc([N+](=O)[O-])cc1. The fourth-order valence-corrected chi connectivity index (χ4v) is 2.43. The van der Waals surface area contributed by atoms with Crippen LogP contribution in [0.5, 0.6) is 5.75 Å². The van der Waals surface area contributed by atoms with Crippen molar-refractivity contribution in [2.45, 2.75) is 13.8 Å². The summed E-state index contributed by atoms with van der Waals surface area (Å²) in [4.78, 5) is 21.7. The maximum Gasteiger partial charge on any atom is 0.336 e. The van der Waals surface area contributed by atoms with E-state index in [1.165, 1.54) is 18.2 Å². The highest BCUT2D eigenvalue weighted by molar-refractivity contribution is 5.84. The molecule has 1 heterocycles. The number of nitrogens with one attached hydrogen (secondary N) is 1. The third-order valence-corrected chi connectivity index (χ3v) is 3.82. The molecule has 1 aromatic heterocycles. The first-order valence-electron chi connectivity index (χ1n) is 8.13. The Morgan fingerprint density at radius 2 is 1.96 bits per heavy atom. The standard InChI is InChI=1S/C19H17N3O5/c1-12-9-19(23)27-18-10-16(7-8-17(12)18)26-11-13(2)20-21-14-3-5-15(6-4-14)22(24)25/h3-10,21H,11H2,1-2H3/b20-13+. The number of fused-ring (bicyclic) bond motifs is 1. The Labute approximate surface area is 154 Å². The summed E-state index contributed by atoms with van der Waals surface area (Å²) in [6.45, 7) is 3.85. The Morgan fingerprint density at radius 1 is 1.22 bits per heavy atom. The first-order chi connectivity index (χ1) is 12.9. The van der Waals surface area contributed by atoms with Crippen LogP contribution in [0.3, 0.4) is 0 Å². The van der Waals surface area contributed by atoms with Crippen molar-refractivity contribution in [3.8, 4) is 5.75 Å². The zero-order chi connectivity index (χ0) is 19.4. The van der Waals surface area contributed by atoms with Crippen molar-refractivity contribution in [2.75, 3.05) is 12.0 Å². The molecule has 2 aromatic carbocycles. The van der Waals surface area contributed by atoms with Gasteiger partial charge in [-0.1, -0.05) is 0 Å². The number of nitro groups is 1. The van der Waals surface area contributed by atoms with E-state index in [1.807, 2.05) is 13.0 Å². The lowest BCUT2D eigenvalue weighted by molar-refractivity contribution is -0.384. The highest BCUT2D eigenvalue weighted by Crippen LogP contribution is 2.22. The zero-order valence-corrected chi connectivity index (χ0v) is 14.8. The van der Waals surface area contributed by atoms with E-state index in [0.29, 0.717) is 22.7 Å². The molecule has 0 saturated heterocycles. The zero-order valence-electron chi connectivity index (χ0n) is 14.8. The number of hydrogen-bond acceptors (Lipinski definition) is 7. The van der Waals surface area contributed by atoms with Crippen LogP contribution in [0.4, 0.5) is 11.4 Å². The number of non-ortho nitro benzene ring substituents is 1. The minimum Gasteiger partial charge on any atom is -0.487 e. The number of benzene rings is 2. The van der Waals surface area contributed by atoms with Crippen LogP contribution in [0.15, 0.2) is 62.8 Å². The molecule has 8 nitrogen and oxygen atoms in total. The highest BCUT2D eigenvalue weighted by Gasteiger charge is 2.05. The van der Waals surface area contributed by atoms with E-state index in [0.717, 1.165) is 10.9 Å². The Kier molecular flexibility index (Phi) is 5.16. The number of ether oxygens (including phenoxy) is 1. The number of nitro benzene ring substituents is 1. The molecule has 0 unspecified atom stereocenters. The van der Waals surface area contributed by atoms with Crippen molar-refractivity contribution < 1.29 is 14.1 Å². The number of hydrogen-bond donors (Lipinski definition) is 1. The van der Waals surface area contributed by atoms with Gasteiger partial charge in [0, 0.05) is 29.7 Å². The van der Waals surface area contributed by atoms with E-state index in [1.54, 1.807) is 31.2 Å². The maximum absolute atomic E-state index is 11.5. The van der Waals surface area contributed by atoms with Gasteiger partial charge in [-0.3, -0.25) is 15.5 Å². The molecule has 27 heavy (non-hydrogen) atoms. The van der Waals surface area contributed by atoms with Gasteiger partial charge in [-0.2, -0.15) is 5.10 Å². The smallest absolute Gasteiger partial charge is 0.336 e. The molecule has 0 amide bonds. The molecule has 0 aliphatic rings. The van der Waals surface area contributed by atoms with Gasteiger partial charge >= 0.3 is 5.63 Å². The van der Waals surface area contributed by atoms with E-state index in [-0.39, 0.29) is 12.3 Å². The normalized spacial score (nSPS) is 11.4. The molecule has 1 N–H and O–H groups in total. The average Bonchev–Trinajstić information content (AvgIpc) is 2.64. The summed E-state index contributed by atoms with van der Waals surface area (Å²) < 4.78 is 10.9. The summed E-state index contributed by atoms with van der Waals surface area (Å²) in [6, 6.07) is 12.7. The Balaban J connectivity index is 1.63. The Hall–Kier alpha value is -3.68. The first kappa shape index (κ1) is 18.1. The van der Waals surface area contributed by atoms with Gasteiger partial charge in [-0.15, -0.1) is 0 Å². The second-order valence-electron chi connectivity index (χ2n) is 5.96. The molecule has 0 spiro atoms. The molecule has 8 heteroatoms. The maximum atomic E-state index is 11.5. The van der Waals surface area contributed by atoms with Crippen molar-refractivity contribution in [3.05, 3.63) is 74.6 Å². The van der Waals surface area contributed by atoms with Gasteiger partial charge in [0.2, 0.25) is 0 Å². The summed E-state index contributed by atoms with van der Waals surface area (Å²) in [5.41, 5.74) is 5.04. The second-order valence-corrected chi connectivity index (χ2v) is 5.96. The topological polar surface area (TPSA) is 107 Å². The Bertz CT molecular complexity index is 1070. The van der Waals surface area contributed by atoms with Gasteiger partial charge in [-0.25, -0.2) is 4.79 Å². The number of anilines is 1. The van der Waals surface area contributed by atoms with Crippen molar-refractivity contribution in [1.29, 1.82) is 0 Å². The van der Waals surface area contributed by atoms with Crippen LogP contribution >= 0.6 is 0 Å². The predicted octanol–water partition coefficient (Wildman–Crippen LogP) is 3.88. The molecule has 0 saturated carbocycles. The molecule has 138 valence electrons. The lowest BCUT2D eigenvalue weighted by Gasteiger charge is -2.08. The molecule has 3 rings (SSSR count). The van der Waals surface area contributed by atoms with Gasteiger partial charge in [-0.05, 0) is 43.7 Å². The fraction of sp³-hybridized carbons (Fsp3) is 0.158. The molecular formula is C19H17N3O5. The van der Waals surface area contributed by atoms with E-state index >= 15 is 0 Å². The summed E-state index contributed by atoms with van der Waals surface area (Å²) in [5, 5.41) is 15.7. The summed E-state index contributed by atoms with van der Waals surface area (Å²) in [6.07, 6.45) is 0. The predicted molar refractivity (Wildman–Crippen MR) is 103 cm³/mol.